The molecule has 0 saturated heterocycles. The van der Waals surface area contributed by atoms with Gasteiger partial charge in [0.25, 0.3) is 0 Å². The number of hydrogen-bond donors (Lipinski definition) is 1. The Morgan fingerprint density at radius 2 is 2.00 bits per heavy atom. The van der Waals surface area contributed by atoms with Crippen LogP contribution < -0.4 is 0 Å². The van der Waals surface area contributed by atoms with E-state index in [1.807, 2.05) is 12.1 Å². The average Bonchev–Trinajstić information content (AvgIpc) is 2.09. The zero-order valence-corrected chi connectivity index (χ0v) is 7.25. The van der Waals surface area contributed by atoms with Crippen molar-refractivity contribution in [2.45, 2.75) is 12.5 Å². The number of terminal acetylenes is 1. The van der Waals surface area contributed by atoms with E-state index in [2.05, 4.69) is 5.92 Å². The van der Waals surface area contributed by atoms with Gasteiger partial charge in [0.05, 0.1) is 0 Å². The molecule has 0 bridgehead atoms. The van der Waals surface area contributed by atoms with E-state index < -0.39 is 6.10 Å². The Bertz CT molecular complexity index is 284. The Morgan fingerprint density at radius 3 is 2.50 bits per heavy atom. The Morgan fingerprint density at radius 1 is 1.42 bits per heavy atom. The highest BCUT2D eigenvalue weighted by Crippen LogP contribution is 2.10. The summed E-state index contributed by atoms with van der Waals surface area (Å²) in [6, 6.07) is 7.26. The number of hydrogen-bond acceptors (Lipinski definition) is 1. The van der Waals surface area contributed by atoms with E-state index in [9.17, 15) is 0 Å². The van der Waals surface area contributed by atoms with Crippen molar-refractivity contribution in [3.8, 4) is 12.3 Å². The lowest BCUT2D eigenvalue weighted by atomic mass is 10.1. The molecule has 0 saturated carbocycles. The van der Waals surface area contributed by atoms with Gasteiger partial charge in [-0.15, -0.1) is 6.42 Å². The molecule has 1 unspecified atom stereocenters. The molecular formula is C10H9ClO. The molecule has 1 rings (SSSR count). The number of aliphatic hydroxyl groups is 1. The lowest BCUT2D eigenvalue weighted by Gasteiger charge is -2.02. The van der Waals surface area contributed by atoms with Gasteiger partial charge in [0.1, 0.15) is 6.10 Å². The minimum atomic E-state index is -0.703. The van der Waals surface area contributed by atoms with Crippen LogP contribution in [-0.4, -0.2) is 11.2 Å². The molecule has 1 nitrogen and oxygen atoms in total. The summed E-state index contributed by atoms with van der Waals surface area (Å²) in [5, 5.41) is 9.80. The van der Waals surface area contributed by atoms with E-state index in [0.29, 0.717) is 11.4 Å². The molecule has 0 heterocycles. The van der Waals surface area contributed by atoms with E-state index in [1.165, 1.54) is 0 Å². The molecule has 0 aliphatic rings. The van der Waals surface area contributed by atoms with Gasteiger partial charge in [-0.1, -0.05) is 29.7 Å². The van der Waals surface area contributed by atoms with Crippen molar-refractivity contribution in [1.82, 2.24) is 0 Å². The van der Waals surface area contributed by atoms with Crippen molar-refractivity contribution in [2.24, 2.45) is 0 Å². The summed E-state index contributed by atoms with van der Waals surface area (Å²) in [6.07, 6.45) is 4.80. The summed E-state index contributed by atoms with van der Waals surface area (Å²) in [5.74, 6) is 2.25. The smallest absolute Gasteiger partial charge is 0.118 e. The zero-order valence-electron chi connectivity index (χ0n) is 6.50. The van der Waals surface area contributed by atoms with E-state index in [4.69, 9.17) is 23.1 Å². The van der Waals surface area contributed by atoms with E-state index in [0.717, 1.165) is 5.56 Å². The SMILES string of the molecule is C#CC(O)Cc1ccc(Cl)cc1. The summed E-state index contributed by atoms with van der Waals surface area (Å²) in [5.41, 5.74) is 0.991. The normalized spacial score (nSPS) is 12.1. The fourth-order valence-electron chi connectivity index (χ4n) is 0.903. The number of benzene rings is 1. The first-order valence-electron chi connectivity index (χ1n) is 3.61. The summed E-state index contributed by atoms with van der Waals surface area (Å²) in [7, 11) is 0. The van der Waals surface area contributed by atoms with E-state index in [1.54, 1.807) is 12.1 Å². The maximum absolute atomic E-state index is 9.11. The Hall–Kier alpha value is -0.970. The molecule has 1 atom stereocenters. The quantitative estimate of drug-likeness (QED) is 0.690. The van der Waals surface area contributed by atoms with E-state index in [-0.39, 0.29) is 0 Å². The van der Waals surface area contributed by atoms with Gasteiger partial charge in [-0.25, -0.2) is 0 Å². The van der Waals surface area contributed by atoms with Crippen LogP contribution in [0.1, 0.15) is 5.56 Å². The molecule has 0 aliphatic carbocycles. The minimum Gasteiger partial charge on any atom is -0.380 e. The Labute approximate surface area is 77.0 Å². The second-order valence-corrected chi connectivity index (χ2v) is 2.95. The summed E-state index contributed by atoms with van der Waals surface area (Å²) >= 11 is 5.68. The topological polar surface area (TPSA) is 20.2 Å². The molecule has 0 fully saturated rings. The summed E-state index contributed by atoms with van der Waals surface area (Å²) in [4.78, 5) is 0. The molecule has 62 valence electrons. The molecule has 1 aromatic rings. The van der Waals surface area contributed by atoms with Crippen LogP contribution >= 0.6 is 11.6 Å². The maximum atomic E-state index is 9.11. The van der Waals surface area contributed by atoms with Crippen LogP contribution in [-0.2, 0) is 6.42 Å². The van der Waals surface area contributed by atoms with Gasteiger partial charge < -0.3 is 5.11 Å². The Balaban J connectivity index is 2.66. The third-order valence-electron chi connectivity index (χ3n) is 1.53. The first-order valence-corrected chi connectivity index (χ1v) is 3.99. The molecule has 2 heteroatoms. The largest absolute Gasteiger partial charge is 0.380 e. The van der Waals surface area contributed by atoms with Crippen LogP contribution in [0.4, 0.5) is 0 Å². The number of aliphatic hydroxyl groups excluding tert-OH is 1. The monoisotopic (exact) mass is 180 g/mol. The van der Waals surface area contributed by atoms with Gasteiger partial charge in [0.15, 0.2) is 0 Å². The van der Waals surface area contributed by atoms with Crippen molar-refractivity contribution < 1.29 is 5.11 Å². The predicted octanol–water partition coefficient (Wildman–Crippen LogP) is 1.88. The highest BCUT2D eigenvalue weighted by atomic mass is 35.5. The van der Waals surface area contributed by atoms with E-state index >= 15 is 0 Å². The Kier molecular flexibility index (Phi) is 3.16. The molecule has 1 aromatic carbocycles. The van der Waals surface area contributed by atoms with Gasteiger partial charge in [0.2, 0.25) is 0 Å². The van der Waals surface area contributed by atoms with Crippen molar-refractivity contribution in [1.29, 1.82) is 0 Å². The fraction of sp³-hybridized carbons (Fsp3) is 0.200. The van der Waals surface area contributed by atoms with Crippen LogP contribution in [0.15, 0.2) is 24.3 Å². The van der Waals surface area contributed by atoms with Crippen molar-refractivity contribution in [3.63, 3.8) is 0 Å². The predicted molar refractivity (Wildman–Crippen MR) is 50.0 cm³/mol. The van der Waals surface area contributed by atoms with Crippen molar-refractivity contribution in [2.75, 3.05) is 0 Å². The number of halogens is 1. The zero-order chi connectivity index (χ0) is 8.97. The lowest BCUT2D eigenvalue weighted by molar-refractivity contribution is 0.233. The van der Waals surface area contributed by atoms with Crippen molar-refractivity contribution >= 4 is 11.6 Å². The van der Waals surface area contributed by atoms with Gasteiger partial charge in [-0.3, -0.25) is 0 Å². The van der Waals surface area contributed by atoms with Crippen LogP contribution in [0.2, 0.25) is 5.02 Å². The molecule has 0 radical (unpaired) electrons. The van der Waals surface area contributed by atoms with Gasteiger partial charge in [-0.2, -0.15) is 0 Å². The highest BCUT2D eigenvalue weighted by Gasteiger charge is 2.00. The molecule has 0 aromatic heterocycles. The molecule has 0 spiro atoms. The minimum absolute atomic E-state index is 0.480. The molecule has 1 N–H and O–H groups in total. The summed E-state index contributed by atoms with van der Waals surface area (Å²) in [6.45, 7) is 0. The first kappa shape index (κ1) is 9.12. The fourth-order valence-corrected chi connectivity index (χ4v) is 1.03. The van der Waals surface area contributed by atoms with Crippen LogP contribution in [0.3, 0.4) is 0 Å². The lowest BCUT2D eigenvalue weighted by Crippen LogP contribution is -2.06. The second kappa shape index (κ2) is 4.15. The van der Waals surface area contributed by atoms with Gasteiger partial charge >= 0.3 is 0 Å². The van der Waals surface area contributed by atoms with Crippen LogP contribution in [0, 0.1) is 12.3 Å². The van der Waals surface area contributed by atoms with Gasteiger partial charge in [0, 0.05) is 11.4 Å². The maximum Gasteiger partial charge on any atom is 0.118 e. The third-order valence-corrected chi connectivity index (χ3v) is 1.79. The molecule has 12 heavy (non-hydrogen) atoms. The third kappa shape index (κ3) is 2.58. The molecule has 0 amide bonds. The average molecular weight is 181 g/mol. The van der Waals surface area contributed by atoms with Crippen molar-refractivity contribution in [3.05, 3.63) is 34.9 Å². The molecular weight excluding hydrogens is 172 g/mol. The van der Waals surface area contributed by atoms with Crippen LogP contribution in [0.25, 0.3) is 0 Å². The second-order valence-electron chi connectivity index (χ2n) is 2.51. The van der Waals surface area contributed by atoms with Gasteiger partial charge in [-0.05, 0) is 17.7 Å². The molecule has 0 aliphatic heterocycles. The highest BCUT2D eigenvalue weighted by molar-refractivity contribution is 6.30. The standard InChI is InChI=1S/C10H9ClO/c1-2-10(12)7-8-3-5-9(11)6-4-8/h1,3-6,10,12H,7H2. The summed E-state index contributed by atoms with van der Waals surface area (Å²) < 4.78 is 0. The van der Waals surface area contributed by atoms with Crippen LogP contribution in [0.5, 0.6) is 0 Å². The first-order chi connectivity index (χ1) is 5.72. The number of rotatable bonds is 2.